The van der Waals surface area contributed by atoms with E-state index in [9.17, 15) is 9.90 Å². The van der Waals surface area contributed by atoms with E-state index in [4.69, 9.17) is 0 Å². The first kappa shape index (κ1) is 19.2. The molecule has 26 heavy (non-hydrogen) atoms. The van der Waals surface area contributed by atoms with E-state index in [1.165, 1.54) is 35.6 Å². The Bertz CT molecular complexity index is 749. The van der Waals surface area contributed by atoms with Crippen molar-refractivity contribution >= 4 is 5.97 Å². The van der Waals surface area contributed by atoms with Crippen LogP contribution in [0.4, 0.5) is 0 Å². The van der Waals surface area contributed by atoms with Crippen LogP contribution in [0.15, 0.2) is 29.8 Å². The zero-order valence-electron chi connectivity index (χ0n) is 17.3. The fourth-order valence-corrected chi connectivity index (χ4v) is 5.22. The van der Waals surface area contributed by atoms with Crippen LogP contribution in [0.3, 0.4) is 0 Å². The Hall–Kier alpha value is -1.57. The molecule has 142 valence electrons. The summed E-state index contributed by atoms with van der Waals surface area (Å²) in [6.45, 7) is 13.9. The van der Waals surface area contributed by atoms with Gasteiger partial charge in [0, 0.05) is 6.08 Å². The summed E-state index contributed by atoms with van der Waals surface area (Å²) < 4.78 is 0. The first-order valence-electron chi connectivity index (χ1n) is 10.0. The molecule has 1 atom stereocenters. The summed E-state index contributed by atoms with van der Waals surface area (Å²) in [5.74, 6) is -0.435. The summed E-state index contributed by atoms with van der Waals surface area (Å²) in [4.78, 5) is 11.3. The highest BCUT2D eigenvalue weighted by atomic mass is 16.4. The Labute approximate surface area is 158 Å². The van der Waals surface area contributed by atoms with E-state index in [2.05, 4.69) is 59.7 Å². The molecule has 0 aromatic heterocycles. The number of hydrogen-bond donors (Lipinski definition) is 1. The maximum absolute atomic E-state index is 11.3. The van der Waals surface area contributed by atoms with Gasteiger partial charge in [0.25, 0.3) is 0 Å². The topological polar surface area (TPSA) is 37.3 Å². The number of carboxylic acid groups (broad SMARTS) is 1. The van der Waals surface area contributed by atoms with E-state index in [1.807, 2.05) is 0 Å². The van der Waals surface area contributed by atoms with Gasteiger partial charge < -0.3 is 5.11 Å². The molecule has 1 aromatic carbocycles. The zero-order chi connectivity index (χ0) is 19.3. The molecular formula is C24H34O2. The van der Waals surface area contributed by atoms with E-state index in [0.717, 1.165) is 24.8 Å². The van der Waals surface area contributed by atoms with Crippen LogP contribution in [0.2, 0.25) is 0 Å². The lowest BCUT2D eigenvalue weighted by atomic mass is 9.60. The molecule has 3 rings (SSSR count). The maximum Gasteiger partial charge on any atom is 0.328 e. The van der Waals surface area contributed by atoms with Crippen molar-refractivity contribution in [3.05, 3.63) is 46.5 Å². The third-order valence-corrected chi connectivity index (χ3v) is 7.21. The molecule has 2 heteroatoms. The van der Waals surface area contributed by atoms with Crippen LogP contribution in [0.25, 0.3) is 0 Å². The Morgan fingerprint density at radius 3 is 2.27 bits per heavy atom. The van der Waals surface area contributed by atoms with Gasteiger partial charge in [-0.15, -0.1) is 0 Å². The minimum absolute atomic E-state index is 0.112. The third kappa shape index (κ3) is 3.23. The van der Waals surface area contributed by atoms with Gasteiger partial charge in [-0.1, -0.05) is 65.3 Å². The molecule has 0 unspecified atom stereocenters. The molecule has 0 saturated heterocycles. The van der Waals surface area contributed by atoms with Crippen LogP contribution in [-0.4, -0.2) is 11.1 Å². The molecule has 0 spiro atoms. The van der Waals surface area contributed by atoms with Crippen molar-refractivity contribution < 1.29 is 9.90 Å². The predicted molar refractivity (Wildman–Crippen MR) is 108 cm³/mol. The lowest BCUT2D eigenvalue weighted by Crippen LogP contribution is -2.35. The van der Waals surface area contributed by atoms with E-state index in [1.54, 1.807) is 0 Å². The van der Waals surface area contributed by atoms with Crippen LogP contribution >= 0.6 is 0 Å². The highest BCUT2D eigenvalue weighted by Crippen LogP contribution is 2.52. The SMILES string of the molecule is CC1(C)CCC(C)(C)c2cc([C@@H]3CCCC(=CC(=O)O)C3(C)C)ccc21. The molecule has 2 nitrogen and oxygen atoms in total. The standard InChI is InChI=1S/C24H34O2/c1-22(2)12-13-23(3,4)20-14-16(10-11-19(20)22)18-9-7-8-17(15-21(25)26)24(18,5)6/h10-11,14-15,18H,7-9,12-13H2,1-6H3,(H,25,26)/t18-/m0/s1. The number of hydrogen-bond acceptors (Lipinski definition) is 1. The Morgan fingerprint density at radius 1 is 1.04 bits per heavy atom. The number of carbonyl (C=O) groups is 1. The van der Waals surface area contributed by atoms with E-state index < -0.39 is 5.97 Å². The van der Waals surface area contributed by atoms with Crippen LogP contribution in [0.5, 0.6) is 0 Å². The quantitative estimate of drug-likeness (QED) is 0.629. The number of allylic oxidation sites excluding steroid dienone is 1. The van der Waals surface area contributed by atoms with Gasteiger partial charge in [-0.25, -0.2) is 4.79 Å². The van der Waals surface area contributed by atoms with Crippen molar-refractivity contribution in [2.45, 2.75) is 90.4 Å². The summed E-state index contributed by atoms with van der Waals surface area (Å²) in [5, 5.41) is 9.26. The highest BCUT2D eigenvalue weighted by Gasteiger charge is 2.40. The van der Waals surface area contributed by atoms with Crippen LogP contribution in [0.1, 0.15) is 96.3 Å². The first-order chi connectivity index (χ1) is 11.9. The smallest absolute Gasteiger partial charge is 0.328 e. The van der Waals surface area contributed by atoms with Crippen molar-refractivity contribution in [2.75, 3.05) is 0 Å². The predicted octanol–water partition coefficient (Wildman–Crippen LogP) is 6.34. The zero-order valence-corrected chi connectivity index (χ0v) is 17.3. The van der Waals surface area contributed by atoms with Crippen LogP contribution in [-0.2, 0) is 15.6 Å². The summed E-state index contributed by atoms with van der Waals surface area (Å²) in [6, 6.07) is 7.13. The fourth-order valence-electron chi connectivity index (χ4n) is 5.22. The second-order valence-electron chi connectivity index (χ2n) is 10.2. The second-order valence-corrected chi connectivity index (χ2v) is 10.2. The Balaban J connectivity index is 2.07. The Morgan fingerprint density at radius 2 is 1.65 bits per heavy atom. The van der Waals surface area contributed by atoms with Gasteiger partial charge in [-0.3, -0.25) is 0 Å². The summed E-state index contributed by atoms with van der Waals surface area (Å²) in [7, 11) is 0. The highest BCUT2D eigenvalue weighted by molar-refractivity contribution is 5.81. The van der Waals surface area contributed by atoms with Crippen molar-refractivity contribution in [2.24, 2.45) is 5.41 Å². The summed E-state index contributed by atoms with van der Waals surface area (Å²) in [5.41, 5.74) is 5.79. The molecule has 0 heterocycles. The number of rotatable bonds is 2. The van der Waals surface area contributed by atoms with Gasteiger partial charge in [0.15, 0.2) is 0 Å². The molecular weight excluding hydrogens is 320 g/mol. The van der Waals surface area contributed by atoms with E-state index >= 15 is 0 Å². The van der Waals surface area contributed by atoms with E-state index in [-0.39, 0.29) is 16.2 Å². The molecule has 1 fully saturated rings. The Kier molecular flexibility index (Phi) is 4.61. The molecule has 2 aliphatic carbocycles. The lowest BCUT2D eigenvalue weighted by Gasteiger charge is -2.44. The van der Waals surface area contributed by atoms with Crippen LogP contribution < -0.4 is 0 Å². The monoisotopic (exact) mass is 354 g/mol. The van der Waals surface area contributed by atoms with Crippen LogP contribution in [0, 0.1) is 5.41 Å². The molecule has 0 amide bonds. The van der Waals surface area contributed by atoms with Crippen molar-refractivity contribution in [1.82, 2.24) is 0 Å². The van der Waals surface area contributed by atoms with Crippen molar-refractivity contribution in [1.29, 1.82) is 0 Å². The maximum atomic E-state index is 11.3. The summed E-state index contributed by atoms with van der Waals surface area (Å²) >= 11 is 0. The fraction of sp³-hybridized carbons (Fsp3) is 0.625. The minimum Gasteiger partial charge on any atom is -0.478 e. The van der Waals surface area contributed by atoms with E-state index in [0.29, 0.717) is 5.92 Å². The molecule has 2 aliphatic rings. The average Bonchev–Trinajstić information content (AvgIpc) is 2.53. The van der Waals surface area contributed by atoms with Gasteiger partial charge in [-0.2, -0.15) is 0 Å². The molecule has 0 bridgehead atoms. The molecule has 0 aliphatic heterocycles. The number of carboxylic acids is 1. The normalized spacial score (nSPS) is 27.8. The second kappa shape index (κ2) is 6.25. The molecule has 0 radical (unpaired) electrons. The molecule has 1 saturated carbocycles. The molecule has 1 aromatic rings. The minimum atomic E-state index is -0.818. The largest absolute Gasteiger partial charge is 0.478 e. The first-order valence-corrected chi connectivity index (χ1v) is 10.0. The summed E-state index contributed by atoms with van der Waals surface area (Å²) in [6.07, 6.45) is 7.00. The van der Waals surface area contributed by atoms with Gasteiger partial charge >= 0.3 is 5.97 Å². The molecule has 1 N–H and O–H groups in total. The average molecular weight is 355 g/mol. The van der Waals surface area contributed by atoms with Crippen molar-refractivity contribution in [3.8, 4) is 0 Å². The number of aliphatic carboxylic acids is 1. The van der Waals surface area contributed by atoms with Gasteiger partial charge in [0.05, 0.1) is 0 Å². The van der Waals surface area contributed by atoms with Crippen molar-refractivity contribution in [3.63, 3.8) is 0 Å². The third-order valence-electron chi connectivity index (χ3n) is 7.21. The van der Waals surface area contributed by atoms with Gasteiger partial charge in [0.1, 0.15) is 0 Å². The van der Waals surface area contributed by atoms with Gasteiger partial charge in [0.2, 0.25) is 0 Å². The van der Waals surface area contributed by atoms with Gasteiger partial charge in [-0.05, 0) is 71.0 Å². The lowest BCUT2D eigenvalue weighted by molar-refractivity contribution is -0.131. The number of fused-ring (bicyclic) bond motifs is 1. The number of benzene rings is 1.